The van der Waals surface area contributed by atoms with Gasteiger partial charge in [-0.3, -0.25) is 9.59 Å². The molecule has 1 aromatic rings. The highest BCUT2D eigenvalue weighted by Gasteiger charge is 2.65. The molecule has 1 amide bonds. The Morgan fingerprint density at radius 3 is 2.67 bits per heavy atom. The van der Waals surface area contributed by atoms with E-state index in [0.29, 0.717) is 17.9 Å². The number of hydrogen-bond donors (Lipinski definition) is 2. The summed E-state index contributed by atoms with van der Waals surface area (Å²) in [4.78, 5) is 26.4. The number of aromatic nitrogens is 1. The lowest BCUT2D eigenvalue weighted by Gasteiger charge is -2.10. The lowest BCUT2D eigenvalue weighted by Crippen LogP contribution is -2.33. The topological polar surface area (TPSA) is 62.0 Å². The Hall–Kier alpha value is -1.58. The Labute approximate surface area is 105 Å². The van der Waals surface area contributed by atoms with Crippen LogP contribution in [-0.4, -0.2) is 16.9 Å². The molecule has 18 heavy (non-hydrogen) atoms. The molecule has 4 atom stereocenters. The zero-order valence-corrected chi connectivity index (χ0v) is 10.1. The van der Waals surface area contributed by atoms with E-state index in [4.69, 9.17) is 0 Å². The van der Waals surface area contributed by atoms with Crippen LogP contribution in [0.15, 0.2) is 23.3 Å². The van der Waals surface area contributed by atoms with Crippen molar-refractivity contribution in [1.29, 1.82) is 0 Å². The van der Waals surface area contributed by atoms with Gasteiger partial charge in [-0.25, -0.2) is 0 Å². The zero-order valence-electron chi connectivity index (χ0n) is 10.1. The molecule has 4 rings (SSSR count). The van der Waals surface area contributed by atoms with Gasteiger partial charge in [0, 0.05) is 24.5 Å². The van der Waals surface area contributed by atoms with Gasteiger partial charge in [0.15, 0.2) is 5.43 Å². The summed E-state index contributed by atoms with van der Waals surface area (Å²) in [5.74, 6) is 2.86. The molecule has 2 bridgehead atoms. The first-order chi connectivity index (χ1) is 8.75. The number of nitrogens with one attached hydrogen (secondary N) is 2. The van der Waals surface area contributed by atoms with Crippen LogP contribution in [0.1, 0.15) is 29.6 Å². The molecule has 3 saturated carbocycles. The number of H-pyrrole nitrogens is 1. The first-order valence-electron chi connectivity index (χ1n) is 6.73. The van der Waals surface area contributed by atoms with Gasteiger partial charge < -0.3 is 10.3 Å². The molecule has 4 unspecified atom stereocenters. The molecular weight excluding hydrogens is 228 g/mol. The van der Waals surface area contributed by atoms with Crippen molar-refractivity contribution in [2.24, 2.45) is 23.7 Å². The van der Waals surface area contributed by atoms with E-state index >= 15 is 0 Å². The van der Waals surface area contributed by atoms with Crippen LogP contribution >= 0.6 is 0 Å². The van der Waals surface area contributed by atoms with Crippen LogP contribution in [0, 0.1) is 23.7 Å². The van der Waals surface area contributed by atoms with Crippen LogP contribution in [-0.2, 0) is 0 Å². The van der Waals surface area contributed by atoms with Gasteiger partial charge in [-0.2, -0.15) is 0 Å². The van der Waals surface area contributed by atoms with E-state index in [1.54, 1.807) is 6.20 Å². The van der Waals surface area contributed by atoms with E-state index < -0.39 is 0 Å². The van der Waals surface area contributed by atoms with Gasteiger partial charge >= 0.3 is 0 Å². The molecule has 0 radical (unpaired) electrons. The van der Waals surface area contributed by atoms with Crippen molar-refractivity contribution in [3.8, 4) is 0 Å². The third-order valence-corrected chi connectivity index (χ3v) is 5.10. The Kier molecular flexibility index (Phi) is 1.99. The van der Waals surface area contributed by atoms with Gasteiger partial charge in [0.1, 0.15) is 5.56 Å². The van der Waals surface area contributed by atoms with E-state index in [1.807, 2.05) is 0 Å². The minimum Gasteiger partial charge on any atom is -0.367 e. The van der Waals surface area contributed by atoms with Crippen LogP contribution in [0.3, 0.4) is 0 Å². The average molecular weight is 244 g/mol. The van der Waals surface area contributed by atoms with Gasteiger partial charge in [0.25, 0.3) is 5.91 Å². The fourth-order valence-electron chi connectivity index (χ4n) is 4.34. The summed E-state index contributed by atoms with van der Waals surface area (Å²) in [7, 11) is 0. The predicted molar refractivity (Wildman–Crippen MR) is 66.1 cm³/mol. The molecule has 0 spiro atoms. The lowest BCUT2D eigenvalue weighted by atomic mass is 10.0. The van der Waals surface area contributed by atoms with Crippen molar-refractivity contribution in [1.82, 2.24) is 10.3 Å². The quantitative estimate of drug-likeness (QED) is 0.819. The van der Waals surface area contributed by atoms with Crippen molar-refractivity contribution in [3.63, 3.8) is 0 Å². The van der Waals surface area contributed by atoms with Crippen LogP contribution < -0.4 is 10.7 Å². The van der Waals surface area contributed by atoms with E-state index in [0.717, 1.165) is 11.8 Å². The highest BCUT2D eigenvalue weighted by molar-refractivity contribution is 5.94. The zero-order chi connectivity index (χ0) is 12.3. The van der Waals surface area contributed by atoms with E-state index in [9.17, 15) is 9.59 Å². The van der Waals surface area contributed by atoms with E-state index in [2.05, 4.69) is 10.3 Å². The summed E-state index contributed by atoms with van der Waals surface area (Å²) in [6, 6.07) is 1.73. The minimum atomic E-state index is -0.212. The maximum Gasteiger partial charge on any atom is 0.256 e. The summed E-state index contributed by atoms with van der Waals surface area (Å²) in [6.45, 7) is 0. The molecule has 0 aliphatic heterocycles. The molecule has 0 saturated heterocycles. The standard InChI is InChI=1S/C14H16N2O2/c17-10-3-4-15-6-9(10)14(18)16-13-11-7-1-2-8(5-7)12(11)13/h3-4,6-8,11-13H,1-2,5H2,(H,15,17)(H,16,18). The van der Waals surface area contributed by atoms with Crippen molar-refractivity contribution >= 4 is 5.91 Å². The summed E-state index contributed by atoms with van der Waals surface area (Å²) in [5, 5.41) is 3.05. The molecule has 4 heteroatoms. The molecule has 1 aromatic heterocycles. The highest BCUT2D eigenvalue weighted by Crippen LogP contribution is 2.65. The molecular formula is C14H16N2O2. The normalized spacial score (nSPS) is 39.4. The summed E-state index contributed by atoms with van der Waals surface area (Å²) in [5.41, 5.74) is 0.0230. The van der Waals surface area contributed by atoms with Crippen molar-refractivity contribution in [3.05, 3.63) is 34.2 Å². The first-order valence-corrected chi connectivity index (χ1v) is 6.73. The molecule has 2 N–H and O–H groups in total. The summed E-state index contributed by atoms with van der Waals surface area (Å²) >= 11 is 0. The third-order valence-electron chi connectivity index (χ3n) is 5.10. The Bertz CT molecular complexity index is 549. The van der Waals surface area contributed by atoms with Crippen molar-refractivity contribution in [2.75, 3.05) is 0 Å². The van der Waals surface area contributed by atoms with Gasteiger partial charge in [-0.15, -0.1) is 0 Å². The minimum absolute atomic E-state index is 0.208. The third kappa shape index (κ3) is 1.32. The van der Waals surface area contributed by atoms with Crippen molar-refractivity contribution < 1.29 is 4.79 Å². The summed E-state index contributed by atoms with van der Waals surface area (Å²) in [6.07, 6.45) is 7.08. The number of carbonyl (C=O) groups excluding carboxylic acids is 1. The molecule has 1 heterocycles. The fourth-order valence-corrected chi connectivity index (χ4v) is 4.34. The second-order valence-electron chi connectivity index (χ2n) is 5.91. The number of aromatic amines is 1. The molecule has 0 aromatic carbocycles. The molecule has 4 nitrogen and oxygen atoms in total. The van der Waals surface area contributed by atoms with E-state index in [-0.39, 0.29) is 16.9 Å². The first kappa shape index (κ1) is 10.4. The number of rotatable bonds is 2. The largest absolute Gasteiger partial charge is 0.367 e. The summed E-state index contributed by atoms with van der Waals surface area (Å²) < 4.78 is 0. The van der Waals surface area contributed by atoms with Gasteiger partial charge in [0.2, 0.25) is 0 Å². The molecule has 3 aliphatic carbocycles. The fraction of sp³-hybridized carbons (Fsp3) is 0.571. The van der Waals surface area contributed by atoms with Crippen LogP contribution in [0.25, 0.3) is 0 Å². The highest BCUT2D eigenvalue weighted by atomic mass is 16.2. The second kappa shape index (κ2) is 3.46. The SMILES string of the molecule is O=C(NC1C2C3CCC(C3)C12)c1c[nH]ccc1=O. The van der Waals surface area contributed by atoms with Crippen molar-refractivity contribution in [2.45, 2.75) is 25.3 Å². The number of amides is 1. The van der Waals surface area contributed by atoms with Crippen LogP contribution in [0.2, 0.25) is 0 Å². The number of pyridine rings is 1. The van der Waals surface area contributed by atoms with Gasteiger partial charge in [-0.05, 0) is 42.9 Å². The number of fused-ring (bicyclic) bond motifs is 5. The maximum atomic E-state index is 12.0. The smallest absolute Gasteiger partial charge is 0.256 e. The number of carbonyl (C=O) groups is 1. The van der Waals surface area contributed by atoms with Gasteiger partial charge in [-0.1, -0.05) is 0 Å². The average Bonchev–Trinajstić information content (AvgIpc) is 2.77. The van der Waals surface area contributed by atoms with Crippen LogP contribution in [0.5, 0.6) is 0 Å². The second-order valence-corrected chi connectivity index (χ2v) is 5.91. The molecule has 94 valence electrons. The maximum absolute atomic E-state index is 12.0. The van der Waals surface area contributed by atoms with Gasteiger partial charge in [0.05, 0.1) is 0 Å². The Balaban J connectivity index is 1.50. The van der Waals surface area contributed by atoms with E-state index in [1.165, 1.54) is 31.5 Å². The number of hydrogen-bond acceptors (Lipinski definition) is 2. The lowest BCUT2D eigenvalue weighted by molar-refractivity contribution is 0.0943. The Morgan fingerprint density at radius 1 is 1.28 bits per heavy atom. The monoisotopic (exact) mass is 244 g/mol. The van der Waals surface area contributed by atoms with Crippen LogP contribution in [0.4, 0.5) is 0 Å². The predicted octanol–water partition coefficient (Wildman–Crippen LogP) is 1.15. The Morgan fingerprint density at radius 2 is 2.00 bits per heavy atom. The molecule has 3 fully saturated rings. The molecule has 3 aliphatic rings.